The molecule has 0 aromatic heterocycles. The van der Waals surface area contributed by atoms with Crippen molar-refractivity contribution >= 4 is 39.3 Å². The first-order valence-corrected chi connectivity index (χ1v) is 10.3. The number of anilines is 1. The van der Waals surface area contributed by atoms with E-state index in [2.05, 4.69) is 33.4 Å². The van der Waals surface area contributed by atoms with Crippen molar-refractivity contribution in [1.82, 2.24) is 4.90 Å². The van der Waals surface area contributed by atoms with E-state index in [1.165, 1.54) is 4.90 Å². The van der Waals surface area contributed by atoms with Crippen molar-refractivity contribution in [1.29, 1.82) is 0 Å². The van der Waals surface area contributed by atoms with E-state index >= 15 is 0 Å². The van der Waals surface area contributed by atoms with Gasteiger partial charge < -0.3 is 5.32 Å². The fourth-order valence-electron chi connectivity index (χ4n) is 5.43. The van der Waals surface area contributed by atoms with E-state index in [1.54, 1.807) is 0 Å². The van der Waals surface area contributed by atoms with Crippen LogP contribution in [-0.2, 0) is 14.4 Å². The molecule has 3 amide bonds. The lowest BCUT2D eigenvalue weighted by Crippen LogP contribution is -2.40. The minimum Gasteiger partial charge on any atom is -0.326 e. The summed E-state index contributed by atoms with van der Waals surface area (Å²) in [6.45, 7) is 2.09. The highest BCUT2D eigenvalue weighted by Gasteiger charge is 2.66. The van der Waals surface area contributed by atoms with Crippen LogP contribution in [0.5, 0.6) is 0 Å². The Morgan fingerprint density at radius 1 is 1.15 bits per heavy atom. The lowest BCUT2D eigenvalue weighted by atomic mass is 9.63. The largest absolute Gasteiger partial charge is 0.326 e. The molecule has 1 N–H and O–H groups in total. The molecule has 5 nitrogen and oxygen atoms in total. The number of hydrogen-bond donors (Lipinski definition) is 1. The Bertz CT molecular complexity index is 859. The average Bonchev–Trinajstić information content (AvgIpc) is 3.41. The molecule has 1 aromatic carbocycles. The Labute approximate surface area is 166 Å². The van der Waals surface area contributed by atoms with Gasteiger partial charge in [0, 0.05) is 23.1 Å². The van der Waals surface area contributed by atoms with Crippen molar-refractivity contribution in [3.8, 4) is 0 Å². The number of halogens is 1. The molecule has 4 aliphatic carbocycles. The fraction of sp³-hybridized carbons (Fsp3) is 0.476. The summed E-state index contributed by atoms with van der Waals surface area (Å²) in [6.07, 6.45) is 5.61. The van der Waals surface area contributed by atoms with Gasteiger partial charge in [-0.05, 0) is 60.8 Å². The van der Waals surface area contributed by atoms with Crippen LogP contribution in [0, 0.1) is 42.4 Å². The zero-order valence-electron chi connectivity index (χ0n) is 15.0. The molecule has 3 fully saturated rings. The van der Waals surface area contributed by atoms with Crippen LogP contribution in [0.4, 0.5) is 5.69 Å². The lowest BCUT2D eigenvalue weighted by molar-refractivity contribution is -0.140. The van der Waals surface area contributed by atoms with Crippen LogP contribution in [0.1, 0.15) is 18.4 Å². The first kappa shape index (κ1) is 17.2. The Balaban J connectivity index is 1.25. The van der Waals surface area contributed by atoms with Gasteiger partial charge in [0.15, 0.2) is 0 Å². The number of benzene rings is 1. The maximum Gasteiger partial charge on any atom is 0.233 e. The van der Waals surface area contributed by atoms with Crippen LogP contribution in [0.25, 0.3) is 0 Å². The third-order valence-corrected chi connectivity index (χ3v) is 7.27. The Kier molecular flexibility index (Phi) is 3.83. The number of hydrogen-bond acceptors (Lipinski definition) is 3. The highest BCUT2D eigenvalue weighted by molar-refractivity contribution is 9.10. The van der Waals surface area contributed by atoms with Gasteiger partial charge in [0.05, 0.1) is 11.8 Å². The Morgan fingerprint density at radius 2 is 1.78 bits per heavy atom. The third-order valence-electron chi connectivity index (χ3n) is 6.78. The molecule has 6 heteroatoms. The predicted octanol–water partition coefficient (Wildman–Crippen LogP) is 3.14. The summed E-state index contributed by atoms with van der Waals surface area (Å²) in [5, 5.41) is 2.88. The van der Waals surface area contributed by atoms with Gasteiger partial charge in [-0.15, -0.1) is 0 Å². The van der Waals surface area contributed by atoms with Crippen LogP contribution < -0.4 is 5.32 Å². The van der Waals surface area contributed by atoms with Gasteiger partial charge in [0.25, 0.3) is 0 Å². The molecule has 0 unspecified atom stereocenters. The zero-order chi connectivity index (χ0) is 18.9. The SMILES string of the molecule is Cc1cc(Br)ccc1NC(=O)CCN1C(=O)[C@@H]2[C@H]3C=C[C@@H]([C@@H]4C[C@@H]34)[C@@H]2C1=O. The number of imide groups is 1. The molecule has 6 atom stereocenters. The van der Waals surface area contributed by atoms with E-state index in [0.717, 1.165) is 22.1 Å². The second-order valence-corrected chi connectivity index (χ2v) is 9.16. The van der Waals surface area contributed by atoms with E-state index in [4.69, 9.17) is 0 Å². The highest BCUT2D eigenvalue weighted by atomic mass is 79.9. The second kappa shape index (κ2) is 6.03. The van der Waals surface area contributed by atoms with Crippen molar-refractivity contribution in [2.24, 2.45) is 35.5 Å². The van der Waals surface area contributed by atoms with Crippen molar-refractivity contribution in [2.45, 2.75) is 19.8 Å². The molecule has 1 heterocycles. The van der Waals surface area contributed by atoms with E-state index in [0.29, 0.717) is 11.8 Å². The molecule has 5 aliphatic rings. The molecular weight excluding hydrogens is 408 g/mol. The number of likely N-dealkylation sites (tertiary alicyclic amines) is 1. The molecule has 27 heavy (non-hydrogen) atoms. The lowest BCUT2D eigenvalue weighted by Gasteiger charge is -2.37. The van der Waals surface area contributed by atoms with E-state index in [9.17, 15) is 14.4 Å². The van der Waals surface area contributed by atoms with Crippen molar-refractivity contribution in [2.75, 3.05) is 11.9 Å². The standard InChI is InChI=1S/C21H21BrN2O3/c1-10-8-11(22)2-5-16(10)23-17(25)6-7-24-20(26)18-12-3-4-13(15-9-14(12)15)19(18)21(24)27/h2-5,8,12-15,18-19H,6-7,9H2,1H3,(H,23,25)/t12-,13-,14-,15-,18-,19+/m0/s1. The normalized spacial score (nSPS) is 35.3. The number of nitrogens with zero attached hydrogens (tertiary/aromatic N) is 1. The first-order chi connectivity index (χ1) is 13.0. The number of aryl methyl sites for hydroxylation is 1. The van der Waals surface area contributed by atoms with Gasteiger partial charge in [0.2, 0.25) is 17.7 Å². The molecule has 1 aromatic rings. The molecule has 6 rings (SSSR count). The van der Waals surface area contributed by atoms with E-state index in [1.807, 2.05) is 25.1 Å². The summed E-state index contributed by atoms with van der Waals surface area (Å²) in [5.41, 5.74) is 1.71. The molecule has 2 saturated carbocycles. The van der Waals surface area contributed by atoms with Crippen molar-refractivity contribution < 1.29 is 14.4 Å². The monoisotopic (exact) mass is 428 g/mol. The third kappa shape index (κ3) is 2.60. The molecule has 1 aliphatic heterocycles. The number of amides is 3. The maximum absolute atomic E-state index is 12.9. The zero-order valence-corrected chi connectivity index (χ0v) is 16.6. The van der Waals surface area contributed by atoms with Gasteiger partial charge >= 0.3 is 0 Å². The number of rotatable bonds is 4. The van der Waals surface area contributed by atoms with Gasteiger partial charge in [-0.1, -0.05) is 28.1 Å². The van der Waals surface area contributed by atoms with Crippen molar-refractivity contribution in [3.05, 3.63) is 40.4 Å². The Morgan fingerprint density at radius 3 is 2.37 bits per heavy atom. The molecule has 1 saturated heterocycles. The minimum absolute atomic E-state index is 0.0673. The van der Waals surface area contributed by atoms with Crippen LogP contribution >= 0.6 is 15.9 Å². The summed E-state index contributed by atoms with van der Waals surface area (Å²) < 4.78 is 0.954. The maximum atomic E-state index is 12.9. The molecular formula is C21H21BrN2O3. The molecule has 0 radical (unpaired) electrons. The molecule has 2 bridgehead atoms. The predicted molar refractivity (Wildman–Crippen MR) is 104 cm³/mol. The van der Waals surface area contributed by atoms with Crippen molar-refractivity contribution in [3.63, 3.8) is 0 Å². The van der Waals surface area contributed by atoms with Crippen LogP contribution in [0.2, 0.25) is 0 Å². The van der Waals surface area contributed by atoms with Crippen LogP contribution in [0.3, 0.4) is 0 Å². The number of nitrogens with one attached hydrogen (secondary N) is 1. The quantitative estimate of drug-likeness (QED) is 0.591. The highest BCUT2D eigenvalue weighted by Crippen LogP contribution is 2.65. The van der Waals surface area contributed by atoms with E-state index in [-0.39, 0.29) is 54.4 Å². The topological polar surface area (TPSA) is 66.5 Å². The van der Waals surface area contributed by atoms with Gasteiger partial charge in [-0.25, -0.2) is 0 Å². The van der Waals surface area contributed by atoms with Gasteiger partial charge in [0.1, 0.15) is 0 Å². The summed E-state index contributed by atoms with van der Waals surface area (Å²) in [4.78, 5) is 39.5. The number of carbonyl (C=O) groups excluding carboxylic acids is 3. The van der Waals surface area contributed by atoms with Crippen LogP contribution in [-0.4, -0.2) is 29.2 Å². The van der Waals surface area contributed by atoms with E-state index < -0.39 is 0 Å². The fourth-order valence-corrected chi connectivity index (χ4v) is 5.91. The summed E-state index contributed by atoms with van der Waals surface area (Å²) in [6, 6.07) is 5.64. The second-order valence-electron chi connectivity index (χ2n) is 8.24. The summed E-state index contributed by atoms with van der Waals surface area (Å²) >= 11 is 3.40. The van der Waals surface area contributed by atoms with Crippen LogP contribution in [0.15, 0.2) is 34.8 Å². The smallest absolute Gasteiger partial charge is 0.233 e. The van der Waals surface area contributed by atoms with Gasteiger partial charge in [-0.2, -0.15) is 0 Å². The van der Waals surface area contributed by atoms with Gasteiger partial charge in [-0.3, -0.25) is 19.3 Å². The summed E-state index contributed by atoms with van der Waals surface area (Å²) in [5.74, 6) is 0.963. The number of allylic oxidation sites excluding steroid dienone is 2. The first-order valence-electron chi connectivity index (χ1n) is 9.55. The summed E-state index contributed by atoms with van der Waals surface area (Å²) in [7, 11) is 0. The minimum atomic E-state index is -0.187. The Hall–Kier alpha value is -1.95. The molecule has 0 spiro atoms. The molecule has 140 valence electrons. The number of carbonyl (C=O) groups is 3. The average molecular weight is 429 g/mol.